The third-order valence-corrected chi connectivity index (χ3v) is 3.28. The van der Waals surface area contributed by atoms with E-state index in [9.17, 15) is 4.79 Å². The first-order valence-electron chi connectivity index (χ1n) is 4.74. The number of rotatable bonds is 1. The van der Waals surface area contributed by atoms with Crippen LogP contribution < -0.4 is 0 Å². The van der Waals surface area contributed by atoms with Gasteiger partial charge in [-0.15, -0.1) is 0 Å². The van der Waals surface area contributed by atoms with Gasteiger partial charge in [-0.3, -0.25) is 4.79 Å². The molecule has 1 aliphatic rings. The van der Waals surface area contributed by atoms with Crippen molar-refractivity contribution in [2.75, 3.05) is 6.54 Å². The van der Waals surface area contributed by atoms with Gasteiger partial charge in [0.05, 0.1) is 11.8 Å². The molecule has 1 unspecified atom stereocenters. The summed E-state index contributed by atoms with van der Waals surface area (Å²) in [7, 11) is 0. The monoisotopic (exact) mass is 257 g/mol. The maximum atomic E-state index is 12.0. The Bertz CT molecular complexity index is 348. The molecule has 1 amide bonds. The summed E-state index contributed by atoms with van der Waals surface area (Å²) in [6, 6.07) is 2.06. The van der Waals surface area contributed by atoms with Crippen LogP contribution in [0.3, 0.4) is 0 Å². The molecule has 2 rings (SSSR count). The fraction of sp³-hybridized carbons (Fsp3) is 0.500. The number of nitrogens with zero attached hydrogens (tertiary/aromatic N) is 1. The lowest BCUT2D eigenvalue weighted by atomic mass is 10.2. The highest BCUT2D eigenvalue weighted by atomic mass is 79.9. The Kier molecular flexibility index (Phi) is 2.63. The SMILES string of the molecule is CC1CCCN1C(=O)c1ccoc1Br. The molecule has 1 saturated heterocycles. The van der Waals surface area contributed by atoms with Crippen molar-refractivity contribution in [1.29, 1.82) is 0 Å². The summed E-state index contributed by atoms with van der Waals surface area (Å²) < 4.78 is 5.58. The van der Waals surface area contributed by atoms with Gasteiger partial charge in [0.25, 0.3) is 5.91 Å². The average molecular weight is 258 g/mol. The van der Waals surface area contributed by atoms with Crippen molar-refractivity contribution in [3.05, 3.63) is 22.6 Å². The van der Waals surface area contributed by atoms with Crippen LogP contribution in [-0.4, -0.2) is 23.4 Å². The summed E-state index contributed by atoms with van der Waals surface area (Å²) in [5.74, 6) is 0.0654. The predicted octanol–water partition coefficient (Wildman–Crippen LogP) is 2.67. The Morgan fingerprint density at radius 2 is 2.50 bits per heavy atom. The number of hydrogen-bond acceptors (Lipinski definition) is 2. The van der Waals surface area contributed by atoms with Crippen LogP contribution in [-0.2, 0) is 0 Å². The summed E-state index contributed by atoms with van der Waals surface area (Å²) in [6.07, 6.45) is 3.72. The van der Waals surface area contributed by atoms with Gasteiger partial charge in [0.2, 0.25) is 0 Å². The zero-order chi connectivity index (χ0) is 10.1. The minimum Gasteiger partial charge on any atom is -0.457 e. The molecule has 0 aliphatic carbocycles. The average Bonchev–Trinajstić information content (AvgIpc) is 2.73. The highest BCUT2D eigenvalue weighted by Crippen LogP contribution is 2.24. The van der Waals surface area contributed by atoms with Crippen molar-refractivity contribution in [3.63, 3.8) is 0 Å². The van der Waals surface area contributed by atoms with Gasteiger partial charge in [0.1, 0.15) is 0 Å². The third kappa shape index (κ3) is 1.59. The zero-order valence-electron chi connectivity index (χ0n) is 8.00. The molecule has 0 radical (unpaired) electrons. The Morgan fingerprint density at radius 1 is 1.71 bits per heavy atom. The van der Waals surface area contributed by atoms with Crippen LogP contribution >= 0.6 is 15.9 Å². The van der Waals surface area contributed by atoms with Crippen molar-refractivity contribution < 1.29 is 9.21 Å². The minimum atomic E-state index is 0.0654. The summed E-state index contributed by atoms with van der Waals surface area (Å²) in [5.41, 5.74) is 0.624. The lowest BCUT2D eigenvalue weighted by Gasteiger charge is -2.20. The molecule has 2 heterocycles. The molecule has 14 heavy (non-hydrogen) atoms. The molecule has 1 aromatic rings. The Hall–Kier alpha value is -0.770. The standard InChI is InChI=1S/C10H12BrNO2/c1-7-3-2-5-12(7)10(13)8-4-6-14-9(8)11/h4,6-7H,2-3,5H2,1H3. The maximum Gasteiger partial charge on any atom is 0.258 e. The molecule has 0 bridgehead atoms. The first-order chi connectivity index (χ1) is 6.70. The normalized spacial score (nSPS) is 21.6. The number of furan rings is 1. The molecule has 1 aromatic heterocycles. The number of hydrogen-bond donors (Lipinski definition) is 0. The number of halogens is 1. The number of carbonyl (C=O) groups is 1. The van der Waals surface area contributed by atoms with Gasteiger partial charge in [0, 0.05) is 12.6 Å². The van der Waals surface area contributed by atoms with Gasteiger partial charge < -0.3 is 9.32 Å². The maximum absolute atomic E-state index is 12.0. The van der Waals surface area contributed by atoms with E-state index in [2.05, 4.69) is 22.9 Å². The topological polar surface area (TPSA) is 33.5 Å². The molecular weight excluding hydrogens is 246 g/mol. The van der Waals surface area contributed by atoms with Gasteiger partial charge in [-0.25, -0.2) is 0 Å². The highest BCUT2D eigenvalue weighted by molar-refractivity contribution is 9.10. The summed E-state index contributed by atoms with van der Waals surface area (Å²) in [5, 5.41) is 0. The van der Waals surface area contributed by atoms with Crippen LogP contribution in [0.1, 0.15) is 30.1 Å². The molecule has 0 spiro atoms. The molecule has 76 valence electrons. The van der Waals surface area contributed by atoms with Crippen molar-refractivity contribution in [1.82, 2.24) is 4.90 Å². The summed E-state index contributed by atoms with van der Waals surface area (Å²) in [4.78, 5) is 13.9. The van der Waals surface area contributed by atoms with Crippen LogP contribution in [0.5, 0.6) is 0 Å². The summed E-state index contributed by atoms with van der Waals surface area (Å²) >= 11 is 3.22. The van der Waals surface area contributed by atoms with Crippen molar-refractivity contribution in [3.8, 4) is 0 Å². The van der Waals surface area contributed by atoms with Gasteiger partial charge in [-0.1, -0.05) is 0 Å². The van der Waals surface area contributed by atoms with Gasteiger partial charge in [-0.2, -0.15) is 0 Å². The number of amides is 1. The third-order valence-electron chi connectivity index (χ3n) is 2.66. The van der Waals surface area contributed by atoms with Crippen LogP contribution in [0, 0.1) is 0 Å². The summed E-state index contributed by atoms with van der Waals surface area (Å²) in [6.45, 7) is 2.94. The van der Waals surface area contributed by atoms with Crippen LogP contribution in [0.15, 0.2) is 21.4 Å². The molecule has 0 saturated carbocycles. The molecule has 1 aliphatic heterocycles. The zero-order valence-corrected chi connectivity index (χ0v) is 9.58. The van der Waals surface area contributed by atoms with Gasteiger partial charge in [-0.05, 0) is 41.8 Å². The van der Waals surface area contributed by atoms with E-state index < -0.39 is 0 Å². The predicted molar refractivity (Wildman–Crippen MR) is 56.1 cm³/mol. The number of likely N-dealkylation sites (tertiary alicyclic amines) is 1. The molecule has 0 aromatic carbocycles. The van der Waals surface area contributed by atoms with E-state index in [0.29, 0.717) is 16.3 Å². The quantitative estimate of drug-likeness (QED) is 0.775. The molecule has 4 heteroatoms. The number of carbonyl (C=O) groups excluding carboxylic acids is 1. The van der Waals surface area contributed by atoms with E-state index in [-0.39, 0.29) is 5.91 Å². The molecule has 1 fully saturated rings. The van der Waals surface area contributed by atoms with E-state index in [4.69, 9.17) is 4.42 Å². The van der Waals surface area contributed by atoms with E-state index in [0.717, 1.165) is 19.4 Å². The van der Waals surface area contributed by atoms with E-state index >= 15 is 0 Å². The van der Waals surface area contributed by atoms with Crippen molar-refractivity contribution >= 4 is 21.8 Å². The second-order valence-corrected chi connectivity index (χ2v) is 4.32. The second kappa shape index (κ2) is 3.77. The van der Waals surface area contributed by atoms with Crippen LogP contribution in [0.4, 0.5) is 0 Å². The smallest absolute Gasteiger partial charge is 0.258 e. The Morgan fingerprint density at radius 3 is 3.00 bits per heavy atom. The van der Waals surface area contributed by atoms with Gasteiger partial charge in [0.15, 0.2) is 4.67 Å². The highest BCUT2D eigenvalue weighted by Gasteiger charge is 2.27. The fourth-order valence-electron chi connectivity index (χ4n) is 1.84. The van der Waals surface area contributed by atoms with Gasteiger partial charge >= 0.3 is 0 Å². The Labute approximate surface area is 91.2 Å². The van der Waals surface area contributed by atoms with Crippen molar-refractivity contribution in [2.24, 2.45) is 0 Å². The van der Waals surface area contributed by atoms with E-state index in [1.165, 1.54) is 6.26 Å². The largest absolute Gasteiger partial charge is 0.457 e. The lowest BCUT2D eigenvalue weighted by molar-refractivity contribution is 0.0745. The molecule has 0 N–H and O–H groups in total. The second-order valence-electron chi connectivity index (χ2n) is 3.60. The van der Waals surface area contributed by atoms with Crippen LogP contribution in [0.2, 0.25) is 0 Å². The fourth-order valence-corrected chi connectivity index (χ4v) is 2.25. The Balaban J connectivity index is 2.20. The molecule has 1 atom stereocenters. The lowest BCUT2D eigenvalue weighted by Crippen LogP contribution is -2.33. The molecule has 3 nitrogen and oxygen atoms in total. The molecular formula is C10H12BrNO2. The minimum absolute atomic E-state index is 0.0654. The van der Waals surface area contributed by atoms with E-state index in [1.54, 1.807) is 6.07 Å². The first kappa shape index (κ1) is 9.77. The van der Waals surface area contributed by atoms with E-state index in [1.807, 2.05) is 4.90 Å². The first-order valence-corrected chi connectivity index (χ1v) is 5.53. The van der Waals surface area contributed by atoms with Crippen molar-refractivity contribution in [2.45, 2.75) is 25.8 Å². The van der Waals surface area contributed by atoms with Crippen LogP contribution in [0.25, 0.3) is 0 Å².